The van der Waals surface area contributed by atoms with E-state index < -0.39 is 41.6 Å². The Morgan fingerprint density at radius 2 is 1.78 bits per heavy atom. The average Bonchev–Trinajstić information content (AvgIpc) is 3.71. The third-order valence-electron chi connectivity index (χ3n) is 6.89. The summed E-state index contributed by atoms with van der Waals surface area (Å²) in [4.78, 5) is 13.4. The molecule has 4 rings (SSSR count). The monoisotopic (exact) mass is 518 g/mol. The molecular weight excluding hydrogens is 489 g/mol. The first-order valence-electron chi connectivity index (χ1n) is 12.2. The van der Waals surface area contributed by atoms with Crippen LogP contribution in [0, 0.1) is 17.2 Å². The molecule has 37 heavy (non-hydrogen) atoms. The maximum atomic E-state index is 13.4. The van der Waals surface area contributed by atoms with Gasteiger partial charge in [0, 0.05) is 19.4 Å². The zero-order valence-electron chi connectivity index (χ0n) is 20.1. The lowest BCUT2D eigenvalue weighted by Crippen LogP contribution is -2.60. The summed E-state index contributed by atoms with van der Waals surface area (Å²) in [5.74, 6) is -0.0472. The summed E-state index contributed by atoms with van der Waals surface area (Å²) >= 11 is 0. The molecule has 198 valence electrons. The molecule has 0 aliphatic heterocycles. The Morgan fingerprint density at radius 3 is 2.43 bits per heavy atom. The number of amides is 1. The van der Waals surface area contributed by atoms with Crippen LogP contribution in [0.4, 0.5) is 13.2 Å². The van der Waals surface area contributed by atoms with Crippen molar-refractivity contribution in [2.24, 2.45) is 5.92 Å². The second-order valence-corrected chi connectivity index (χ2v) is 9.72. The fraction of sp³-hybridized carbons (Fsp3) is 0.481. The van der Waals surface area contributed by atoms with Gasteiger partial charge in [-0.15, -0.1) is 0 Å². The second kappa shape index (κ2) is 11.2. The molecule has 4 atom stereocenters. The number of hydrogen-bond donors (Lipinski definition) is 3. The molecule has 1 amide bonds. The number of halogens is 3. The summed E-state index contributed by atoms with van der Waals surface area (Å²) in [7, 11) is 0. The largest absolute Gasteiger partial charge is 0.416 e. The normalized spacial score (nSPS) is 25.9. The van der Waals surface area contributed by atoms with Crippen LogP contribution in [0.15, 0.2) is 48.5 Å². The highest BCUT2D eigenvalue weighted by Crippen LogP contribution is 2.37. The Hall–Kier alpha value is -2.97. The molecule has 0 aromatic heterocycles. The number of nitrogens with zero attached hydrogens (tertiary/aromatic N) is 1. The number of carbonyl (C=O) groups excluding carboxylic acids is 1. The van der Waals surface area contributed by atoms with Crippen LogP contribution in [-0.2, 0) is 33.7 Å². The van der Waals surface area contributed by atoms with Crippen molar-refractivity contribution < 1.29 is 37.7 Å². The zero-order valence-corrected chi connectivity index (χ0v) is 20.1. The SMILES string of the molecule is N#Cc1ccccc1CO[C@]1(C(=O)NCC2CC2)CC(OCc2ccc(C(F)(F)F)cc2)[C@H](O)[C@H](O)C1. The van der Waals surface area contributed by atoms with Crippen molar-refractivity contribution in [2.45, 2.75) is 69.0 Å². The predicted molar refractivity (Wildman–Crippen MR) is 126 cm³/mol. The Morgan fingerprint density at radius 1 is 1.08 bits per heavy atom. The number of nitrogens with one attached hydrogen (secondary N) is 1. The van der Waals surface area contributed by atoms with E-state index in [1.165, 1.54) is 12.1 Å². The topological polar surface area (TPSA) is 112 Å². The molecule has 7 nitrogen and oxygen atoms in total. The van der Waals surface area contributed by atoms with Gasteiger partial charge in [0.25, 0.3) is 5.91 Å². The van der Waals surface area contributed by atoms with Gasteiger partial charge in [0.1, 0.15) is 6.10 Å². The fourth-order valence-electron chi connectivity index (χ4n) is 4.45. The smallest absolute Gasteiger partial charge is 0.390 e. The van der Waals surface area contributed by atoms with Crippen LogP contribution in [0.2, 0.25) is 0 Å². The van der Waals surface area contributed by atoms with Gasteiger partial charge in [0.05, 0.1) is 42.6 Å². The molecule has 2 saturated carbocycles. The lowest BCUT2D eigenvalue weighted by Gasteiger charge is -2.44. The lowest BCUT2D eigenvalue weighted by atomic mass is 9.78. The fourth-order valence-corrected chi connectivity index (χ4v) is 4.45. The number of aliphatic hydroxyl groups is 2. The van der Waals surface area contributed by atoms with E-state index in [0.29, 0.717) is 29.2 Å². The molecule has 10 heteroatoms. The standard InChI is InChI=1S/C27H29F3N2O5/c28-27(29,30)21-9-7-18(8-10-21)15-36-23-12-26(11-22(33)24(23)34,25(35)32-14-17-5-6-17)37-16-20-4-2-1-3-19(20)13-31/h1-4,7-10,17,22-24,33-34H,5-6,11-12,14-16H2,(H,32,35)/t22-,23?,24-,26+/m1/s1. The van der Waals surface area contributed by atoms with Crippen molar-refractivity contribution in [3.05, 3.63) is 70.8 Å². The maximum absolute atomic E-state index is 13.4. The van der Waals surface area contributed by atoms with E-state index in [0.717, 1.165) is 25.0 Å². The maximum Gasteiger partial charge on any atom is 0.416 e. The summed E-state index contributed by atoms with van der Waals surface area (Å²) in [5.41, 5.74) is -0.930. The van der Waals surface area contributed by atoms with E-state index in [1.54, 1.807) is 24.3 Å². The molecule has 0 saturated heterocycles. The number of aliphatic hydroxyl groups excluding tert-OH is 2. The molecule has 0 radical (unpaired) electrons. The first-order valence-corrected chi connectivity index (χ1v) is 12.2. The van der Waals surface area contributed by atoms with E-state index in [9.17, 15) is 33.4 Å². The minimum atomic E-state index is -4.46. The van der Waals surface area contributed by atoms with Gasteiger partial charge >= 0.3 is 6.18 Å². The third-order valence-corrected chi connectivity index (χ3v) is 6.89. The highest BCUT2D eigenvalue weighted by molar-refractivity contribution is 5.85. The number of alkyl halides is 3. The molecule has 2 aromatic rings. The molecule has 2 fully saturated rings. The van der Waals surface area contributed by atoms with Crippen molar-refractivity contribution in [3.63, 3.8) is 0 Å². The van der Waals surface area contributed by atoms with Crippen LogP contribution < -0.4 is 5.32 Å². The van der Waals surface area contributed by atoms with Crippen LogP contribution in [0.25, 0.3) is 0 Å². The number of nitriles is 1. The predicted octanol–water partition coefficient (Wildman–Crippen LogP) is 3.46. The van der Waals surface area contributed by atoms with Crippen LogP contribution in [-0.4, -0.2) is 46.6 Å². The summed E-state index contributed by atoms with van der Waals surface area (Å²) in [5, 5.41) is 33.6. The number of hydrogen-bond acceptors (Lipinski definition) is 6. The van der Waals surface area contributed by atoms with Crippen LogP contribution >= 0.6 is 0 Å². The van der Waals surface area contributed by atoms with Crippen molar-refractivity contribution in [1.82, 2.24) is 5.32 Å². The summed E-state index contributed by atoms with van der Waals surface area (Å²) in [6.07, 6.45) is -6.38. The highest BCUT2D eigenvalue weighted by atomic mass is 19.4. The third kappa shape index (κ3) is 6.67. The molecular formula is C27H29F3N2O5. The Bertz CT molecular complexity index is 1130. The lowest BCUT2D eigenvalue weighted by molar-refractivity contribution is -0.200. The van der Waals surface area contributed by atoms with Gasteiger partial charge in [0.15, 0.2) is 5.60 Å². The average molecular weight is 519 g/mol. The van der Waals surface area contributed by atoms with Crippen LogP contribution in [0.3, 0.4) is 0 Å². The quantitative estimate of drug-likeness (QED) is 0.469. The molecule has 0 bridgehead atoms. The first kappa shape index (κ1) is 27.1. The number of carbonyl (C=O) groups is 1. The van der Waals surface area contributed by atoms with Gasteiger partial charge in [-0.2, -0.15) is 18.4 Å². The van der Waals surface area contributed by atoms with Gasteiger partial charge in [0.2, 0.25) is 0 Å². The number of ether oxygens (including phenoxy) is 2. The van der Waals surface area contributed by atoms with E-state index in [-0.39, 0.29) is 26.1 Å². The summed E-state index contributed by atoms with van der Waals surface area (Å²) in [6, 6.07) is 13.3. The van der Waals surface area contributed by atoms with Crippen molar-refractivity contribution in [3.8, 4) is 6.07 Å². The molecule has 2 aliphatic carbocycles. The van der Waals surface area contributed by atoms with Crippen molar-refractivity contribution in [2.75, 3.05) is 6.54 Å². The number of rotatable bonds is 9. The minimum absolute atomic E-state index is 0.0744. The van der Waals surface area contributed by atoms with E-state index >= 15 is 0 Å². The van der Waals surface area contributed by atoms with E-state index in [4.69, 9.17) is 9.47 Å². The summed E-state index contributed by atoms with van der Waals surface area (Å²) in [6.45, 7) is 0.257. The second-order valence-electron chi connectivity index (χ2n) is 9.72. The molecule has 2 aliphatic rings. The first-order chi connectivity index (χ1) is 17.6. The van der Waals surface area contributed by atoms with Gasteiger partial charge < -0.3 is 25.0 Å². The minimum Gasteiger partial charge on any atom is -0.390 e. The molecule has 3 N–H and O–H groups in total. The highest BCUT2D eigenvalue weighted by Gasteiger charge is 2.51. The van der Waals surface area contributed by atoms with Crippen molar-refractivity contribution >= 4 is 5.91 Å². The van der Waals surface area contributed by atoms with Crippen LogP contribution in [0.1, 0.15) is 47.9 Å². The zero-order chi connectivity index (χ0) is 26.6. The Balaban J connectivity index is 1.51. The van der Waals surface area contributed by atoms with Gasteiger partial charge in [-0.1, -0.05) is 30.3 Å². The summed E-state index contributed by atoms with van der Waals surface area (Å²) < 4.78 is 50.5. The molecule has 1 unspecified atom stereocenters. The number of benzene rings is 2. The van der Waals surface area contributed by atoms with Crippen molar-refractivity contribution in [1.29, 1.82) is 5.26 Å². The van der Waals surface area contributed by atoms with Gasteiger partial charge in [-0.05, 0) is 48.1 Å². The molecule has 0 spiro atoms. The molecule has 0 heterocycles. The van der Waals surface area contributed by atoms with Crippen LogP contribution in [0.5, 0.6) is 0 Å². The van der Waals surface area contributed by atoms with E-state index in [2.05, 4.69) is 11.4 Å². The molecule has 2 aromatic carbocycles. The van der Waals surface area contributed by atoms with Gasteiger partial charge in [-0.25, -0.2) is 0 Å². The Kier molecular flexibility index (Phi) is 8.19. The van der Waals surface area contributed by atoms with E-state index in [1.807, 2.05) is 0 Å². The van der Waals surface area contributed by atoms with Gasteiger partial charge in [-0.3, -0.25) is 4.79 Å². The Labute approximate surface area is 212 Å².